The molecule has 2 rings (SSSR count). The van der Waals surface area contributed by atoms with Gasteiger partial charge in [0.15, 0.2) is 0 Å². The van der Waals surface area contributed by atoms with Crippen LogP contribution in [0.25, 0.3) is 0 Å². The van der Waals surface area contributed by atoms with Crippen LogP contribution in [-0.4, -0.2) is 58.5 Å². The van der Waals surface area contributed by atoms with Gasteiger partial charge in [0.1, 0.15) is 24.1 Å². The van der Waals surface area contributed by atoms with Gasteiger partial charge in [-0.2, -0.15) is 0 Å². The molecule has 1 aromatic rings. The van der Waals surface area contributed by atoms with Crippen molar-refractivity contribution in [2.45, 2.75) is 37.6 Å². The molecule has 22 heavy (non-hydrogen) atoms. The van der Waals surface area contributed by atoms with E-state index in [1.807, 2.05) is 0 Å². The zero-order chi connectivity index (χ0) is 16.3. The fraction of sp³-hybridized carbons (Fsp3) is 0.500. The van der Waals surface area contributed by atoms with Gasteiger partial charge in [0.25, 0.3) is 0 Å². The lowest BCUT2D eigenvalue weighted by atomic mass is 9.97. The molecular formula is C14H20N2O6. The zero-order valence-electron chi connectivity index (χ0n) is 12.0. The minimum atomic E-state index is -1.24. The van der Waals surface area contributed by atoms with E-state index in [1.54, 1.807) is 24.3 Å². The van der Waals surface area contributed by atoms with Crippen LogP contribution in [0.4, 0.5) is 5.69 Å². The summed E-state index contributed by atoms with van der Waals surface area (Å²) in [7, 11) is 0. The third kappa shape index (κ3) is 3.73. The monoisotopic (exact) mass is 312 g/mol. The second-order valence-electron chi connectivity index (χ2n) is 5.11. The van der Waals surface area contributed by atoms with Gasteiger partial charge in [-0.3, -0.25) is 4.79 Å². The zero-order valence-corrected chi connectivity index (χ0v) is 12.0. The van der Waals surface area contributed by atoms with Crippen LogP contribution >= 0.6 is 0 Å². The van der Waals surface area contributed by atoms with E-state index in [1.165, 1.54) is 6.92 Å². The maximum absolute atomic E-state index is 10.9. The number of ether oxygens (including phenoxy) is 2. The van der Waals surface area contributed by atoms with E-state index in [9.17, 15) is 15.0 Å². The molecule has 0 spiro atoms. The summed E-state index contributed by atoms with van der Waals surface area (Å²) in [4.78, 5) is 10.9. The number of hydrogen-bond donors (Lipinski definition) is 5. The van der Waals surface area contributed by atoms with Crippen LogP contribution < -0.4 is 15.8 Å². The van der Waals surface area contributed by atoms with Crippen LogP contribution in [0.5, 0.6) is 5.75 Å². The molecule has 1 aromatic carbocycles. The predicted molar refractivity (Wildman–Crippen MR) is 77.1 cm³/mol. The molecule has 0 saturated carbocycles. The van der Waals surface area contributed by atoms with Crippen LogP contribution in [0, 0.1) is 0 Å². The van der Waals surface area contributed by atoms with Crippen LogP contribution in [0.1, 0.15) is 6.92 Å². The second-order valence-corrected chi connectivity index (χ2v) is 5.11. The third-order valence-electron chi connectivity index (χ3n) is 3.36. The lowest BCUT2D eigenvalue weighted by Crippen LogP contribution is -2.63. The second kappa shape index (κ2) is 7.03. The summed E-state index contributed by atoms with van der Waals surface area (Å²) in [6, 6.07) is 5.45. The van der Waals surface area contributed by atoms with E-state index in [2.05, 4.69) is 5.32 Å². The number of nitrogens with two attached hydrogens (primary N) is 1. The van der Waals surface area contributed by atoms with Crippen LogP contribution in [0.2, 0.25) is 0 Å². The summed E-state index contributed by atoms with van der Waals surface area (Å²) in [6.45, 7) is 0.960. The number of benzene rings is 1. The van der Waals surface area contributed by atoms with Crippen molar-refractivity contribution in [1.82, 2.24) is 0 Å². The average Bonchev–Trinajstić information content (AvgIpc) is 2.49. The van der Waals surface area contributed by atoms with Crippen molar-refractivity contribution in [3.05, 3.63) is 24.3 Å². The maximum atomic E-state index is 10.9. The summed E-state index contributed by atoms with van der Waals surface area (Å²) in [5.74, 6) is 0.198. The molecule has 1 fully saturated rings. The molecule has 1 heterocycles. The first kappa shape index (κ1) is 16.7. The molecular weight excluding hydrogens is 292 g/mol. The highest BCUT2D eigenvalue weighted by molar-refractivity contribution is 5.88. The van der Waals surface area contributed by atoms with Gasteiger partial charge < -0.3 is 35.8 Å². The van der Waals surface area contributed by atoms with Crippen molar-refractivity contribution >= 4 is 11.6 Å². The van der Waals surface area contributed by atoms with E-state index in [-0.39, 0.29) is 5.91 Å². The molecule has 3 unspecified atom stereocenters. The van der Waals surface area contributed by atoms with Crippen molar-refractivity contribution in [1.29, 1.82) is 0 Å². The van der Waals surface area contributed by atoms with E-state index in [0.717, 1.165) is 0 Å². The van der Waals surface area contributed by atoms with Crippen molar-refractivity contribution in [3.8, 4) is 5.75 Å². The smallest absolute Gasteiger partial charge is 0.228 e. The molecule has 1 amide bonds. The lowest BCUT2D eigenvalue weighted by Gasteiger charge is -2.40. The topological polar surface area (TPSA) is 134 Å². The number of hydrogen-bond acceptors (Lipinski definition) is 7. The van der Waals surface area contributed by atoms with E-state index < -0.39 is 37.3 Å². The Morgan fingerprint density at radius 2 is 1.95 bits per heavy atom. The van der Waals surface area contributed by atoms with Gasteiger partial charge in [-0.1, -0.05) is 0 Å². The molecule has 122 valence electrons. The SMILES string of the molecule is CC(=O)Nc1ccc(O[C@H]2OC(CO)C(O)[C@@H](N)C2O)cc1. The Labute approximate surface area is 127 Å². The highest BCUT2D eigenvalue weighted by atomic mass is 16.7. The molecule has 0 aromatic heterocycles. The number of rotatable bonds is 4. The first-order chi connectivity index (χ1) is 10.4. The summed E-state index contributed by atoms with van der Waals surface area (Å²) in [5.41, 5.74) is 6.29. The number of anilines is 1. The van der Waals surface area contributed by atoms with E-state index in [4.69, 9.17) is 20.3 Å². The number of carbonyl (C=O) groups is 1. The number of aliphatic hydroxyl groups is 3. The van der Waals surface area contributed by atoms with E-state index in [0.29, 0.717) is 11.4 Å². The maximum Gasteiger partial charge on any atom is 0.228 e. The Balaban J connectivity index is 2.04. The molecule has 1 aliphatic rings. The fourth-order valence-electron chi connectivity index (χ4n) is 2.17. The van der Waals surface area contributed by atoms with Gasteiger partial charge in [0.2, 0.25) is 12.2 Å². The summed E-state index contributed by atoms with van der Waals surface area (Å²) >= 11 is 0. The van der Waals surface area contributed by atoms with Crippen molar-refractivity contribution in [3.63, 3.8) is 0 Å². The van der Waals surface area contributed by atoms with Gasteiger partial charge in [0, 0.05) is 12.6 Å². The van der Waals surface area contributed by atoms with Gasteiger partial charge in [-0.15, -0.1) is 0 Å². The average molecular weight is 312 g/mol. The quantitative estimate of drug-likeness (QED) is 0.471. The molecule has 5 atom stereocenters. The number of aliphatic hydroxyl groups excluding tert-OH is 3. The standard InChI is InChI=1S/C14H20N2O6/c1-7(18)16-8-2-4-9(5-3-8)21-14-13(20)11(15)12(19)10(6-17)22-14/h2-5,10-14,17,19-20H,6,15H2,1H3,(H,16,18)/t10?,11-,12?,13?,14+/m1/s1. The molecule has 6 N–H and O–H groups in total. The Morgan fingerprint density at radius 3 is 2.50 bits per heavy atom. The Morgan fingerprint density at radius 1 is 1.32 bits per heavy atom. The number of nitrogens with one attached hydrogen (secondary N) is 1. The molecule has 8 nitrogen and oxygen atoms in total. The number of carbonyl (C=O) groups excluding carboxylic acids is 1. The largest absolute Gasteiger partial charge is 0.462 e. The molecule has 8 heteroatoms. The highest BCUT2D eigenvalue weighted by Crippen LogP contribution is 2.24. The first-order valence-corrected chi connectivity index (χ1v) is 6.84. The van der Waals surface area contributed by atoms with Crippen molar-refractivity contribution < 1.29 is 29.6 Å². The Kier molecular flexibility index (Phi) is 5.33. The van der Waals surface area contributed by atoms with Crippen molar-refractivity contribution in [2.24, 2.45) is 5.73 Å². The van der Waals surface area contributed by atoms with Gasteiger partial charge in [-0.25, -0.2) is 0 Å². The first-order valence-electron chi connectivity index (χ1n) is 6.84. The van der Waals surface area contributed by atoms with Gasteiger partial charge in [-0.05, 0) is 24.3 Å². The van der Waals surface area contributed by atoms with Crippen LogP contribution in [0.15, 0.2) is 24.3 Å². The number of amides is 1. The van der Waals surface area contributed by atoms with Crippen molar-refractivity contribution in [2.75, 3.05) is 11.9 Å². The molecule has 0 bridgehead atoms. The van der Waals surface area contributed by atoms with E-state index >= 15 is 0 Å². The lowest BCUT2D eigenvalue weighted by molar-refractivity contribution is -0.247. The molecule has 0 radical (unpaired) electrons. The Bertz CT molecular complexity index is 507. The normalized spacial score (nSPS) is 31.6. The predicted octanol–water partition coefficient (Wildman–Crippen LogP) is -1.21. The Hall–Kier alpha value is -1.71. The summed E-state index contributed by atoms with van der Waals surface area (Å²) in [5, 5.41) is 31.5. The minimum absolute atomic E-state index is 0.189. The summed E-state index contributed by atoms with van der Waals surface area (Å²) in [6.07, 6.45) is -4.46. The summed E-state index contributed by atoms with van der Waals surface area (Å²) < 4.78 is 10.8. The fourth-order valence-corrected chi connectivity index (χ4v) is 2.17. The van der Waals surface area contributed by atoms with Gasteiger partial charge >= 0.3 is 0 Å². The molecule has 1 aliphatic heterocycles. The minimum Gasteiger partial charge on any atom is -0.462 e. The molecule has 0 aliphatic carbocycles. The van der Waals surface area contributed by atoms with Crippen LogP contribution in [-0.2, 0) is 9.53 Å². The van der Waals surface area contributed by atoms with Gasteiger partial charge in [0.05, 0.1) is 12.6 Å². The van der Waals surface area contributed by atoms with Crippen LogP contribution in [0.3, 0.4) is 0 Å². The third-order valence-corrected chi connectivity index (χ3v) is 3.36. The molecule has 1 saturated heterocycles. The highest BCUT2D eigenvalue weighted by Gasteiger charge is 2.43.